The molecule has 0 aliphatic heterocycles. The van der Waals surface area contributed by atoms with Crippen LogP contribution < -0.4 is 5.73 Å². The molecule has 0 radical (unpaired) electrons. The number of hydrogen-bond donors (Lipinski definition) is 3. The first-order valence-electron chi connectivity index (χ1n) is 2.26. The van der Waals surface area contributed by atoms with Gasteiger partial charge in [-0.2, -0.15) is 0 Å². The molecule has 2 amide bonds. The van der Waals surface area contributed by atoms with Gasteiger partial charge >= 0.3 is 0 Å². The Labute approximate surface area is 87.2 Å². The number of thiol groups is 2. The van der Waals surface area contributed by atoms with E-state index in [2.05, 4.69) is 31.0 Å². The van der Waals surface area contributed by atoms with Crippen LogP contribution in [0.2, 0.25) is 0 Å². The molecule has 0 saturated heterocycles. The fourth-order valence-electron chi connectivity index (χ4n) is 0. The first kappa shape index (κ1) is 17.3. The molecule has 0 bridgehead atoms. The van der Waals surface area contributed by atoms with Crippen molar-refractivity contribution in [2.45, 2.75) is 0 Å². The zero-order chi connectivity index (χ0) is 8.73. The van der Waals surface area contributed by atoms with E-state index in [1.54, 1.807) is 14.1 Å². The Hall–Kier alpha value is 0.159. The van der Waals surface area contributed by atoms with Crippen molar-refractivity contribution in [3.63, 3.8) is 0 Å². The summed E-state index contributed by atoms with van der Waals surface area (Å²) < 4.78 is 0. The predicted molar refractivity (Wildman–Crippen MR) is 46.6 cm³/mol. The molecule has 0 fully saturated rings. The Morgan fingerprint density at radius 1 is 1.27 bits per heavy atom. The molecule has 11 heavy (non-hydrogen) atoms. The fourth-order valence-corrected chi connectivity index (χ4v) is 0. The molecule has 0 aromatic heterocycles. The number of hydrogen-bond acceptors (Lipinski definition) is 2. The van der Waals surface area contributed by atoms with Gasteiger partial charge in [0.15, 0.2) is 0 Å². The standard InChI is InChI=1S/C3H7NOS.CH3NOS.Fe/c1-4(2)3(5)6;2-1(3)4;/h1-2H3,(H,5,6);(H3,2,3,4);. The number of nitrogens with zero attached hydrogens (tertiary/aromatic N) is 1. The van der Waals surface area contributed by atoms with Gasteiger partial charge in [-0.3, -0.25) is 9.59 Å². The molecule has 0 aromatic rings. The summed E-state index contributed by atoms with van der Waals surface area (Å²) in [5.74, 6) is 0. The van der Waals surface area contributed by atoms with Gasteiger partial charge in [-0.05, 0) is 0 Å². The summed E-state index contributed by atoms with van der Waals surface area (Å²) >= 11 is 6.58. The number of nitrogens with two attached hydrogens (primary N) is 1. The second-order valence-corrected chi connectivity index (χ2v) is 2.34. The van der Waals surface area contributed by atoms with Gasteiger partial charge in [-0.1, -0.05) is 25.3 Å². The van der Waals surface area contributed by atoms with E-state index in [0.717, 1.165) is 0 Å². The largest absolute Gasteiger partial charge is 0.361 e. The van der Waals surface area contributed by atoms with Crippen LogP contribution in [0.5, 0.6) is 0 Å². The molecule has 0 unspecified atom stereocenters. The van der Waals surface area contributed by atoms with Gasteiger partial charge in [0, 0.05) is 31.2 Å². The molecule has 0 rings (SSSR count). The summed E-state index contributed by atoms with van der Waals surface area (Å²) in [5, 5.41) is -0.852. The molecule has 0 saturated carbocycles. The van der Waals surface area contributed by atoms with E-state index in [1.165, 1.54) is 4.90 Å². The van der Waals surface area contributed by atoms with E-state index in [4.69, 9.17) is 4.79 Å². The average molecular weight is 238 g/mol. The van der Waals surface area contributed by atoms with Crippen molar-refractivity contribution >= 4 is 35.7 Å². The van der Waals surface area contributed by atoms with Crippen molar-refractivity contribution in [2.75, 3.05) is 14.1 Å². The Balaban J connectivity index is -0.000000114. The third-order valence-corrected chi connectivity index (χ3v) is 0.783. The van der Waals surface area contributed by atoms with E-state index in [1.807, 2.05) is 0 Å². The van der Waals surface area contributed by atoms with Gasteiger partial charge in [-0.25, -0.2) is 0 Å². The quantitative estimate of drug-likeness (QED) is 0.427. The molecule has 0 aliphatic carbocycles. The monoisotopic (exact) mass is 238 g/mol. The number of amides is 2. The van der Waals surface area contributed by atoms with Crippen LogP contribution >= 0.6 is 25.3 Å². The van der Waals surface area contributed by atoms with E-state index >= 15 is 0 Å². The van der Waals surface area contributed by atoms with Crippen LogP contribution in [-0.4, -0.2) is 29.5 Å². The average Bonchev–Trinajstić information content (AvgIpc) is 1.63. The van der Waals surface area contributed by atoms with Crippen molar-refractivity contribution < 1.29 is 26.7 Å². The van der Waals surface area contributed by atoms with E-state index < -0.39 is 5.24 Å². The summed E-state index contributed by atoms with van der Waals surface area (Å²) in [7, 11) is 3.30. The second-order valence-electron chi connectivity index (χ2n) is 1.52. The smallest absolute Gasteiger partial charge is 0.278 e. The zero-order valence-corrected chi connectivity index (χ0v) is 8.98. The second kappa shape index (κ2) is 10.2. The molecule has 4 nitrogen and oxygen atoms in total. The van der Waals surface area contributed by atoms with Gasteiger partial charge in [-0.15, -0.1) is 0 Å². The summed E-state index contributed by atoms with van der Waals surface area (Å²) in [6.07, 6.45) is 0. The Morgan fingerprint density at radius 3 is 1.36 bits per heavy atom. The van der Waals surface area contributed by atoms with Crippen molar-refractivity contribution in [3.8, 4) is 0 Å². The minimum absolute atomic E-state index is 0. The number of carbonyl (C=O) groups is 2. The molecule has 68 valence electrons. The normalized spacial score (nSPS) is 6.55. The Bertz CT molecular complexity index is 127. The minimum atomic E-state index is -0.639. The SMILES string of the molecule is CN(C)C(=O)S.NC(=O)S.[Fe]. The number of rotatable bonds is 0. The van der Waals surface area contributed by atoms with Gasteiger partial charge in [0.05, 0.1) is 0 Å². The molecule has 0 aliphatic rings. The molecule has 0 heterocycles. The van der Waals surface area contributed by atoms with Gasteiger partial charge in [0.2, 0.25) is 0 Å². The zero-order valence-electron chi connectivity index (χ0n) is 6.09. The molecule has 0 atom stereocenters. The van der Waals surface area contributed by atoms with Gasteiger partial charge in [0.25, 0.3) is 10.5 Å². The topological polar surface area (TPSA) is 63.4 Å². The Morgan fingerprint density at radius 2 is 1.36 bits per heavy atom. The number of carbonyl (C=O) groups excluding carboxylic acids is 2. The van der Waals surface area contributed by atoms with Gasteiger partial charge < -0.3 is 10.6 Å². The first-order chi connectivity index (χ1) is 4.37. The molecule has 2 N–H and O–H groups in total. The third kappa shape index (κ3) is 39.1. The van der Waals surface area contributed by atoms with Crippen molar-refractivity contribution in [1.82, 2.24) is 4.90 Å². The number of primary amides is 1. The molecule has 0 aromatic carbocycles. The molecular formula is C4H10FeN2O2S2. The maximum absolute atomic E-state index is 9.93. The predicted octanol–water partition coefficient (Wildman–Crippen LogP) is 0.590. The molecular weight excluding hydrogens is 228 g/mol. The van der Waals surface area contributed by atoms with E-state index in [-0.39, 0.29) is 22.3 Å². The van der Waals surface area contributed by atoms with E-state index in [0.29, 0.717) is 0 Å². The third-order valence-electron chi connectivity index (χ3n) is 0.383. The van der Waals surface area contributed by atoms with Crippen molar-refractivity contribution in [2.24, 2.45) is 5.73 Å². The van der Waals surface area contributed by atoms with Crippen molar-refractivity contribution in [1.29, 1.82) is 0 Å². The van der Waals surface area contributed by atoms with Crippen molar-refractivity contribution in [3.05, 3.63) is 0 Å². The van der Waals surface area contributed by atoms with Crippen LogP contribution in [0.1, 0.15) is 0 Å². The Kier molecular flexibility index (Phi) is 16.0. The van der Waals surface area contributed by atoms with E-state index in [9.17, 15) is 4.79 Å². The summed E-state index contributed by atoms with van der Waals surface area (Å²) in [6.45, 7) is 0. The molecule has 0 spiro atoms. The fraction of sp³-hybridized carbons (Fsp3) is 0.500. The molecule has 7 heteroatoms. The summed E-state index contributed by atoms with van der Waals surface area (Å²) in [5.41, 5.74) is 4.34. The maximum atomic E-state index is 9.93. The summed E-state index contributed by atoms with van der Waals surface area (Å²) in [4.78, 5) is 20.4. The maximum Gasteiger partial charge on any atom is 0.278 e. The van der Waals surface area contributed by atoms with Crippen LogP contribution in [0.15, 0.2) is 0 Å². The van der Waals surface area contributed by atoms with Crippen LogP contribution in [0.25, 0.3) is 0 Å². The van der Waals surface area contributed by atoms with Crippen LogP contribution in [0, 0.1) is 0 Å². The van der Waals surface area contributed by atoms with Crippen LogP contribution in [0.3, 0.4) is 0 Å². The van der Waals surface area contributed by atoms with Gasteiger partial charge in [0.1, 0.15) is 0 Å². The first-order valence-corrected chi connectivity index (χ1v) is 3.16. The minimum Gasteiger partial charge on any atom is -0.361 e. The summed E-state index contributed by atoms with van der Waals surface area (Å²) in [6, 6.07) is 0. The van der Waals surface area contributed by atoms with Crippen LogP contribution in [-0.2, 0) is 17.1 Å². The van der Waals surface area contributed by atoms with Crippen LogP contribution in [0.4, 0.5) is 9.59 Å².